The topological polar surface area (TPSA) is 35.6 Å². The highest BCUT2D eigenvalue weighted by molar-refractivity contribution is 6.09. The van der Waals surface area contributed by atoms with Gasteiger partial charge in [-0.25, -0.2) is 9.97 Å². The van der Waals surface area contributed by atoms with E-state index in [1.807, 2.05) is 12.1 Å². The SMILES string of the molecule is CC1(C)c2ccccc2-n2c1cc1c3ccccc3n(-c3nc(-c4ccccc4)cc(-c4ccccc4)n3)c12. The van der Waals surface area contributed by atoms with Crippen molar-refractivity contribution in [1.82, 2.24) is 19.1 Å². The summed E-state index contributed by atoms with van der Waals surface area (Å²) >= 11 is 0. The lowest BCUT2D eigenvalue weighted by Gasteiger charge is -2.18. The van der Waals surface area contributed by atoms with Crippen LogP contribution in [-0.4, -0.2) is 19.1 Å². The maximum Gasteiger partial charge on any atom is 0.236 e. The average Bonchev–Trinajstić information content (AvgIpc) is 3.60. The lowest BCUT2D eigenvalue weighted by molar-refractivity contribution is 0.644. The fourth-order valence-corrected chi connectivity index (χ4v) is 6.22. The minimum Gasteiger partial charge on any atom is -0.298 e. The summed E-state index contributed by atoms with van der Waals surface area (Å²) in [4.78, 5) is 10.4. The van der Waals surface area contributed by atoms with E-state index in [9.17, 15) is 0 Å². The van der Waals surface area contributed by atoms with Gasteiger partial charge in [-0.15, -0.1) is 0 Å². The van der Waals surface area contributed by atoms with Crippen LogP contribution in [0.1, 0.15) is 25.1 Å². The average molecular weight is 503 g/mol. The van der Waals surface area contributed by atoms with Crippen molar-refractivity contribution >= 4 is 21.9 Å². The monoisotopic (exact) mass is 502 g/mol. The molecule has 0 spiro atoms. The van der Waals surface area contributed by atoms with Gasteiger partial charge in [-0.05, 0) is 29.8 Å². The number of nitrogens with zero attached hydrogens (tertiary/aromatic N) is 4. The molecule has 0 saturated heterocycles. The molecule has 0 N–H and O–H groups in total. The van der Waals surface area contributed by atoms with E-state index in [4.69, 9.17) is 9.97 Å². The standard InChI is InChI=1S/C35H26N4/c1-35(2)27-18-10-12-20-31(27)38-32(35)21-26-25-17-9-11-19-30(25)39(33(26)38)34-36-28(23-13-5-3-6-14-23)22-29(37-34)24-15-7-4-8-16-24/h3-22H,1-2H3. The lowest BCUT2D eigenvalue weighted by atomic mass is 9.83. The molecule has 4 nitrogen and oxygen atoms in total. The van der Waals surface area contributed by atoms with E-state index in [1.165, 1.54) is 27.7 Å². The number of hydrogen-bond donors (Lipinski definition) is 0. The van der Waals surface area contributed by atoms with E-state index in [1.54, 1.807) is 0 Å². The van der Waals surface area contributed by atoms with Crippen molar-refractivity contribution < 1.29 is 0 Å². The Kier molecular flexibility index (Phi) is 4.54. The Morgan fingerprint density at radius 1 is 0.564 bits per heavy atom. The van der Waals surface area contributed by atoms with Gasteiger partial charge in [-0.1, -0.05) is 111 Å². The van der Waals surface area contributed by atoms with Gasteiger partial charge in [0.25, 0.3) is 0 Å². The summed E-state index contributed by atoms with van der Waals surface area (Å²) in [5.41, 5.74) is 9.88. The Labute approximate surface area is 226 Å². The summed E-state index contributed by atoms with van der Waals surface area (Å²) in [6, 6.07) is 42.5. The fraction of sp³-hybridized carbons (Fsp3) is 0.0857. The van der Waals surface area contributed by atoms with E-state index in [2.05, 4.69) is 132 Å². The zero-order chi connectivity index (χ0) is 26.1. The van der Waals surface area contributed by atoms with Crippen molar-refractivity contribution in [2.45, 2.75) is 19.3 Å². The van der Waals surface area contributed by atoms with Crippen LogP contribution >= 0.6 is 0 Å². The van der Waals surface area contributed by atoms with Gasteiger partial charge in [0, 0.05) is 33.0 Å². The van der Waals surface area contributed by atoms with Crippen molar-refractivity contribution in [2.75, 3.05) is 0 Å². The maximum absolute atomic E-state index is 5.21. The number of para-hydroxylation sites is 2. The molecule has 0 atom stereocenters. The molecule has 1 aliphatic rings. The van der Waals surface area contributed by atoms with Gasteiger partial charge in [0.05, 0.1) is 22.6 Å². The molecule has 0 amide bonds. The van der Waals surface area contributed by atoms with E-state index in [-0.39, 0.29) is 5.41 Å². The molecule has 0 bridgehead atoms. The van der Waals surface area contributed by atoms with Crippen molar-refractivity contribution in [3.05, 3.63) is 133 Å². The van der Waals surface area contributed by atoms with Crippen LogP contribution in [0.3, 0.4) is 0 Å². The molecule has 0 radical (unpaired) electrons. The number of aromatic nitrogens is 4. The summed E-state index contributed by atoms with van der Waals surface area (Å²) in [5, 5.41) is 2.43. The highest BCUT2D eigenvalue weighted by Gasteiger charge is 2.38. The molecule has 8 rings (SSSR count). The van der Waals surface area contributed by atoms with Crippen molar-refractivity contribution in [2.24, 2.45) is 0 Å². The highest BCUT2D eigenvalue weighted by Crippen LogP contribution is 2.48. The minimum atomic E-state index is -0.108. The first-order valence-corrected chi connectivity index (χ1v) is 13.4. The number of hydrogen-bond acceptors (Lipinski definition) is 2. The molecule has 0 saturated carbocycles. The molecular formula is C35H26N4. The van der Waals surface area contributed by atoms with E-state index in [0.717, 1.165) is 33.7 Å². The Morgan fingerprint density at radius 2 is 1.15 bits per heavy atom. The maximum atomic E-state index is 5.21. The Bertz CT molecular complexity index is 1970. The Hall–Kier alpha value is -4.96. The molecule has 4 heterocycles. The van der Waals surface area contributed by atoms with Gasteiger partial charge in [0.2, 0.25) is 5.95 Å². The third-order valence-corrected chi connectivity index (χ3v) is 8.13. The van der Waals surface area contributed by atoms with Crippen molar-refractivity contribution in [1.29, 1.82) is 0 Å². The molecule has 3 aromatic heterocycles. The molecular weight excluding hydrogens is 476 g/mol. The summed E-state index contributed by atoms with van der Waals surface area (Å²) in [5.74, 6) is 0.671. The zero-order valence-corrected chi connectivity index (χ0v) is 21.8. The largest absolute Gasteiger partial charge is 0.298 e. The van der Waals surface area contributed by atoms with E-state index < -0.39 is 0 Å². The minimum absolute atomic E-state index is 0.108. The van der Waals surface area contributed by atoms with Crippen LogP contribution in [-0.2, 0) is 5.41 Å². The smallest absolute Gasteiger partial charge is 0.236 e. The second-order valence-corrected chi connectivity index (χ2v) is 10.8. The molecule has 1 aliphatic heterocycles. The van der Waals surface area contributed by atoms with Crippen LogP contribution in [0.25, 0.3) is 56.1 Å². The summed E-state index contributed by atoms with van der Waals surface area (Å²) in [6.07, 6.45) is 0. The molecule has 4 aromatic carbocycles. The van der Waals surface area contributed by atoms with Gasteiger partial charge < -0.3 is 0 Å². The molecule has 7 aromatic rings. The molecule has 0 fully saturated rings. The first-order valence-electron chi connectivity index (χ1n) is 13.4. The van der Waals surface area contributed by atoms with Crippen molar-refractivity contribution in [3.63, 3.8) is 0 Å². The molecule has 4 heteroatoms. The van der Waals surface area contributed by atoms with Crippen LogP contribution < -0.4 is 0 Å². The highest BCUT2D eigenvalue weighted by atomic mass is 15.2. The molecule has 39 heavy (non-hydrogen) atoms. The Balaban J connectivity index is 1.50. The summed E-state index contributed by atoms with van der Waals surface area (Å²) < 4.78 is 4.68. The van der Waals surface area contributed by atoms with Crippen LogP contribution in [0, 0.1) is 0 Å². The first kappa shape index (κ1) is 22.1. The molecule has 0 aliphatic carbocycles. The second kappa shape index (κ2) is 8.02. The van der Waals surface area contributed by atoms with Crippen LogP contribution in [0.15, 0.2) is 121 Å². The van der Waals surface area contributed by atoms with Crippen molar-refractivity contribution in [3.8, 4) is 34.2 Å². The van der Waals surface area contributed by atoms with Crippen LogP contribution in [0.5, 0.6) is 0 Å². The third kappa shape index (κ3) is 3.12. The third-order valence-electron chi connectivity index (χ3n) is 8.13. The zero-order valence-electron chi connectivity index (χ0n) is 21.8. The number of benzene rings is 4. The molecule has 0 unspecified atom stereocenters. The lowest BCUT2D eigenvalue weighted by Crippen LogP contribution is -2.15. The van der Waals surface area contributed by atoms with Crippen LogP contribution in [0.2, 0.25) is 0 Å². The van der Waals surface area contributed by atoms with Gasteiger partial charge in [0.1, 0.15) is 5.65 Å². The predicted octanol–water partition coefficient (Wildman–Crippen LogP) is 8.34. The Morgan fingerprint density at radius 3 is 1.85 bits per heavy atom. The summed E-state index contributed by atoms with van der Waals surface area (Å²) in [7, 11) is 0. The first-order chi connectivity index (χ1) is 19.1. The van der Waals surface area contributed by atoms with Crippen LogP contribution in [0.4, 0.5) is 0 Å². The number of rotatable bonds is 3. The van der Waals surface area contributed by atoms with E-state index >= 15 is 0 Å². The van der Waals surface area contributed by atoms with Gasteiger partial charge >= 0.3 is 0 Å². The van der Waals surface area contributed by atoms with Gasteiger partial charge in [-0.2, -0.15) is 0 Å². The normalized spacial score (nSPS) is 13.6. The quantitative estimate of drug-likeness (QED) is 0.243. The van der Waals surface area contributed by atoms with Gasteiger partial charge in [0.15, 0.2) is 0 Å². The fourth-order valence-electron chi connectivity index (χ4n) is 6.22. The predicted molar refractivity (Wildman–Crippen MR) is 159 cm³/mol. The van der Waals surface area contributed by atoms with Gasteiger partial charge in [-0.3, -0.25) is 9.13 Å². The summed E-state index contributed by atoms with van der Waals surface area (Å²) in [6.45, 7) is 4.63. The second-order valence-electron chi connectivity index (χ2n) is 10.8. The molecule has 186 valence electrons. The number of fused-ring (bicyclic) bond motifs is 7. The van der Waals surface area contributed by atoms with E-state index in [0.29, 0.717) is 5.95 Å².